The van der Waals surface area contributed by atoms with Crippen LogP contribution < -0.4 is 20.1 Å². The fourth-order valence-corrected chi connectivity index (χ4v) is 8.48. The fraction of sp³-hybridized carbons (Fsp3) is 0.415. The molecule has 0 saturated carbocycles. The number of methoxy groups -OCH3 is 2. The van der Waals surface area contributed by atoms with E-state index in [2.05, 4.69) is 15.6 Å². The third-order valence-corrected chi connectivity index (χ3v) is 11.3. The summed E-state index contributed by atoms with van der Waals surface area (Å²) >= 11 is 7.14. The van der Waals surface area contributed by atoms with E-state index in [1.807, 2.05) is 53.4 Å². The van der Waals surface area contributed by atoms with Crippen LogP contribution in [0.5, 0.6) is 11.8 Å². The van der Waals surface area contributed by atoms with Crippen LogP contribution in [0.3, 0.4) is 0 Å². The fourth-order valence-electron chi connectivity index (χ4n) is 8.15. The molecule has 2 fully saturated rings. The highest BCUT2D eigenvalue weighted by molar-refractivity contribution is 6.36. The van der Waals surface area contributed by atoms with E-state index < -0.39 is 29.7 Å². The summed E-state index contributed by atoms with van der Waals surface area (Å²) in [5.41, 5.74) is 5.19. The third-order valence-electron chi connectivity index (χ3n) is 10.9. The van der Waals surface area contributed by atoms with Gasteiger partial charge in [0.2, 0.25) is 17.7 Å². The predicted octanol–water partition coefficient (Wildman–Crippen LogP) is 8.11. The van der Waals surface area contributed by atoms with Gasteiger partial charge in [-0.15, -0.1) is 0 Å². The second kappa shape index (κ2) is 16.1. The van der Waals surface area contributed by atoms with E-state index >= 15 is 0 Å². The van der Waals surface area contributed by atoms with Crippen LogP contribution in [0.4, 0.5) is 19.0 Å². The summed E-state index contributed by atoms with van der Waals surface area (Å²) in [6.07, 6.45) is 0.835. The van der Waals surface area contributed by atoms with Gasteiger partial charge < -0.3 is 25.2 Å². The van der Waals surface area contributed by atoms with Crippen LogP contribution in [0.2, 0.25) is 5.02 Å². The first-order chi connectivity index (χ1) is 26.4. The number of carbonyl (C=O) groups excluding carboxylic acids is 1. The SMILES string of the molecule is COc1nc(-c2cccc(-c3cccc4c3CC[C@@H]4Nc3nc(OC)c(CN4CC[C@H](C(=O)O)C4)cc3C(F)(F)F)c2Cl)ccc1CCC[C@@H]1CCC(=O)N1. The van der Waals surface area contributed by atoms with Crippen molar-refractivity contribution in [1.29, 1.82) is 0 Å². The van der Waals surface area contributed by atoms with Crippen LogP contribution in [0.1, 0.15) is 72.4 Å². The molecule has 3 atom stereocenters. The van der Waals surface area contributed by atoms with Crippen molar-refractivity contribution in [2.45, 2.75) is 76.2 Å². The number of carboxylic acid groups (broad SMARTS) is 1. The molecule has 1 aliphatic carbocycles. The lowest BCUT2D eigenvalue weighted by Crippen LogP contribution is -2.25. The summed E-state index contributed by atoms with van der Waals surface area (Å²) in [4.78, 5) is 34.0. The molecule has 0 unspecified atom stereocenters. The van der Waals surface area contributed by atoms with Crippen LogP contribution in [0, 0.1) is 5.92 Å². The number of halogens is 4. The Hall–Kier alpha value is -4.88. The Morgan fingerprint density at radius 2 is 1.73 bits per heavy atom. The van der Waals surface area contributed by atoms with Gasteiger partial charge in [0.1, 0.15) is 5.82 Å². The van der Waals surface area contributed by atoms with Crippen molar-refractivity contribution < 1.29 is 37.3 Å². The van der Waals surface area contributed by atoms with Gasteiger partial charge in [-0.3, -0.25) is 14.5 Å². The molecule has 2 aromatic heterocycles. The van der Waals surface area contributed by atoms with Gasteiger partial charge in [-0.2, -0.15) is 18.2 Å². The number of benzene rings is 2. The van der Waals surface area contributed by atoms with Crippen molar-refractivity contribution in [3.8, 4) is 34.1 Å². The van der Waals surface area contributed by atoms with E-state index in [0.29, 0.717) is 48.8 Å². The molecule has 0 bridgehead atoms. The number of anilines is 1. The number of carbonyl (C=O) groups is 2. The largest absolute Gasteiger partial charge is 0.481 e. The molecule has 55 heavy (non-hydrogen) atoms. The zero-order chi connectivity index (χ0) is 38.9. The number of hydrogen-bond donors (Lipinski definition) is 3. The number of likely N-dealkylation sites (tertiary alicyclic amines) is 1. The molecule has 2 aromatic carbocycles. The van der Waals surface area contributed by atoms with Crippen LogP contribution in [0.25, 0.3) is 22.4 Å². The molecule has 2 saturated heterocycles. The molecule has 0 radical (unpaired) electrons. The van der Waals surface area contributed by atoms with Crippen molar-refractivity contribution in [2.75, 3.05) is 32.6 Å². The average molecular weight is 778 g/mol. The number of amides is 1. The minimum Gasteiger partial charge on any atom is -0.481 e. The first-order valence-electron chi connectivity index (χ1n) is 18.5. The van der Waals surface area contributed by atoms with E-state index in [4.69, 9.17) is 26.1 Å². The number of aliphatic carboxylic acids is 1. The molecular formula is C41H43ClF3N5O5. The third kappa shape index (κ3) is 8.23. The summed E-state index contributed by atoms with van der Waals surface area (Å²) in [6, 6.07) is 16.3. The Bertz CT molecular complexity index is 2100. The Morgan fingerprint density at radius 3 is 2.44 bits per heavy atom. The number of fused-ring (bicyclic) bond motifs is 1. The topological polar surface area (TPSA) is 126 Å². The molecule has 1 amide bonds. The molecular weight excluding hydrogens is 735 g/mol. The molecule has 290 valence electrons. The number of aryl methyl sites for hydroxylation is 1. The van der Waals surface area contributed by atoms with Crippen molar-refractivity contribution in [1.82, 2.24) is 20.2 Å². The first-order valence-corrected chi connectivity index (χ1v) is 18.9. The van der Waals surface area contributed by atoms with E-state index in [0.717, 1.165) is 65.1 Å². The lowest BCUT2D eigenvalue weighted by Gasteiger charge is -2.23. The number of pyridine rings is 2. The van der Waals surface area contributed by atoms with Crippen molar-refractivity contribution in [3.63, 3.8) is 0 Å². The smallest absolute Gasteiger partial charge is 0.419 e. The predicted molar refractivity (Wildman–Crippen MR) is 202 cm³/mol. The van der Waals surface area contributed by atoms with E-state index in [1.54, 1.807) is 7.11 Å². The second-order valence-electron chi connectivity index (χ2n) is 14.4. The second-order valence-corrected chi connectivity index (χ2v) is 14.8. The summed E-state index contributed by atoms with van der Waals surface area (Å²) in [5, 5.41) is 16.0. The Labute approximate surface area is 322 Å². The molecule has 4 heterocycles. The maximum atomic E-state index is 14.6. The van der Waals surface area contributed by atoms with E-state index in [9.17, 15) is 27.9 Å². The number of nitrogens with one attached hydrogen (secondary N) is 2. The van der Waals surface area contributed by atoms with E-state index in [-0.39, 0.29) is 42.3 Å². The summed E-state index contributed by atoms with van der Waals surface area (Å²) in [5.74, 6) is -1.12. The monoisotopic (exact) mass is 777 g/mol. The van der Waals surface area contributed by atoms with Gasteiger partial charge in [-0.05, 0) is 80.3 Å². The first kappa shape index (κ1) is 38.4. The molecule has 10 nitrogen and oxygen atoms in total. The zero-order valence-corrected chi connectivity index (χ0v) is 31.4. The molecule has 7 rings (SSSR count). The molecule has 3 N–H and O–H groups in total. The number of rotatable bonds is 13. The number of hydrogen-bond acceptors (Lipinski definition) is 8. The summed E-state index contributed by atoms with van der Waals surface area (Å²) in [6.45, 7) is 0.791. The van der Waals surface area contributed by atoms with Crippen LogP contribution in [-0.4, -0.2) is 65.2 Å². The number of ether oxygens (including phenoxy) is 2. The molecule has 0 spiro atoms. The molecule has 4 aromatic rings. The van der Waals surface area contributed by atoms with Crippen LogP contribution in [-0.2, 0) is 35.2 Å². The number of aromatic nitrogens is 2. The molecule has 2 aliphatic heterocycles. The highest BCUT2D eigenvalue weighted by Gasteiger charge is 2.38. The maximum absolute atomic E-state index is 14.6. The highest BCUT2D eigenvalue weighted by Crippen LogP contribution is 2.45. The highest BCUT2D eigenvalue weighted by atomic mass is 35.5. The summed E-state index contributed by atoms with van der Waals surface area (Å²) < 4.78 is 54.8. The molecule has 14 heteroatoms. The van der Waals surface area contributed by atoms with Gasteiger partial charge in [0.25, 0.3) is 0 Å². The van der Waals surface area contributed by atoms with Gasteiger partial charge in [0.05, 0.1) is 42.5 Å². The van der Waals surface area contributed by atoms with Crippen molar-refractivity contribution >= 4 is 29.3 Å². The van der Waals surface area contributed by atoms with Crippen molar-refractivity contribution in [2.24, 2.45) is 5.92 Å². The quantitative estimate of drug-likeness (QED) is 0.124. The number of nitrogens with zero attached hydrogens (tertiary/aromatic N) is 3. The van der Waals surface area contributed by atoms with Crippen LogP contribution >= 0.6 is 11.6 Å². The molecule has 3 aliphatic rings. The van der Waals surface area contributed by atoms with Crippen LogP contribution in [0.15, 0.2) is 54.6 Å². The van der Waals surface area contributed by atoms with Crippen molar-refractivity contribution in [3.05, 3.63) is 87.4 Å². The summed E-state index contributed by atoms with van der Waals surface area (Å²) in [7, 11) is 2.95. The Kier molecular flexibility index (Phi) is 11.2. The minimum atomic E-state index is -4.70. The lowest BCUT2D eigenvalue weighted by atomic mass is 9.94. The minimum absolute atomic E-state index is 0.0576. The Morgan fingerprint density at radius 1 is 0.982 bits per heavy atom. The van der Waals surface area contributed by atoms with Gasteiger partial charge >= 0.3 is 12.1 Å². The van der Waals surface area contributed by atoms with Gasteiger partial charge in [-0.25, -0.2) is 4.98 Å². The Balaban J connectivity index is 1.12. The van der Waals surface area contributed by atoms with E-state index in [1.165, 1.54) is 7.11 Å². The average Bonchev–Trinajstić information content (AvgIpc) is 3.92. The van der Waals surface area contributed by atoms with Gasteiger partial charge in [0, 0.05) is 47.8 Å². The number of alkyl halides is 3. The van der Waals surface area contributed by atoms with Gasteiger partial charge in [-0.1, -0.05) is 54.1 Å². The maximum Gasteiger partial charge on any atom is 0.419 e. The zero-order valence-electron chi connectivity index (χ0n) is 30.6. The van der Waals surface area contributed by atoms with Gasteiger partial charge in [0.15, 0.2) is 0 Å². The standard InChI is InChI=1S/C41H43ClF3N5O5/c1-54-38-23(6-3-7-26-13-17-35(51)46-26)12-15-34(48-38)31-11-5-10-30(36(31)42)27-8-4-9-29-28(27)14-16-33(29)47-37-32(41(43,44)45)20-25(39(49-37)55-2)22-50-19-18-24(21-50)40(52)53/h4-5,8-12,15,20,24,26,33H,3,6-7,13-14,16-19,21-22H2,1-2H3,(H,46,51)(H,47,49)(H,52,53)/t24-,26+,33-/m0/s1. The normalized spacial score (nSPS) is 19.7. The lowest BCUT2D eigenvalue weighted by molar-refractivity contribution is -0.141. The number of carboxylic acids is 1.